The second-order valence-electron chi connectivity index (χ2n) is 8.23. The van der Waals surface area contributed by atoms with Crippen molar-refractivity contribution in [2.45, 2.75) is 33.6 Å². The summed E-state index contributed by atoms with van der Waals surface area (Å²) in [6.07, 6.45) is 16.6. The molecular formula is C28H37N5OS. The average Bonchev–Trinajstić information content (AvgIpc) is 3.10. The summed E-state index contributed by atoms with van der Waals surface area (Å²) in [5, 5.41) is 3.34. The average molecular weight is 492 g/mol. The first kappa shape index (κ1) is 26.7. The van der Waals surface area contributed by atoms with Crippen molar-refractivity contribution in [1.29, 1.82) is 0 Å². The highest BCUT2D eigenvalue weighted by atomic mass is 32.2. The molecule has 0 spiro atoms. The van der Waals surface area contributed by atoms with Crippen LogP contribution in [0.3, 0.4) is 0 Å². The van der Waals surface area contributed by atoms with Gasteiger partial charge in [0.15, 0.2) is 0 Å². The number of nitrogens with zero attached hydrogens (tertiary/aromatic N) is 3. The number of aryl methyl sites for hydroxylation is 1. The van der Waals surface area contributed by atoms with Crippen LogP contribution in [-0.4, -0.2) is 48.2 Å². The number of hydrogen-bond acceptors (Lipinski definition) is 7. The maximum Gasteiger partial charge on any atom is 0.227 e. The van der Waals surface area contributed by atoms with Crippen LogP contribution < -0.4 is 14.8 Å². The van der Waals surface area contributed by atoms with Gasteiger partial charge in [-0.25, -0.2) is 9.97 Å². The molecule has 35 heavy (non-hydrogen) atoms. The molecule has 0 unspecified atom stereocenters. The van der Waals surface area contributed by atoms with Gasteiger partial charge in [0.05, 0.1) is 12.8 Å². The minimum atomic E-state index is 0.599. The SMILES string of the molecule is CCCN(CC)CCNSC1=CCC=C(Nc2ncc(/C=C/c3cccc(OC)c3)c(C)n2)C=C1. The largest absolute Gasteiger partial charge is 0.497 e. The maximum atomic E-state index is 5.29. The number of ether oxygens (including phenoxy) is 1. The lowest BCUT2D eigenvalue weighted by Gasteiger charge is -2.19. The van der Waals surface area contributed by atoms with Crippen LogP contribution in [0.25, 0.3) is 12.2 Å². The van der Waals surface area contributed by atoms with E-state index >= 15 is 0 Å². The van der Waals surface area contributed by atoms with Gasteiger partial charge in [0.1, 0.15) is 5.75 Å². The molecule has 0 saturated heterocycles. The van der Waals surface area contributed by atoms with Gasteiger partial charge >= 0.3 is 0 Å². The zero-order chi connectivity index (χ0) is 24.9. The molecule has 7 heteroatoms. The Morgan fingerprint density at radius 3 is 2.80 bits per heavy atom. The Morgan fingerprint density at radius 1 is 1.14 bits per heavy atom. The van der Waals surface area contributed by atoms with E-state index in [0.717, 1.165) is 60.9 Å². The van der Waals surface area contributed by atoms with Crippen LogP contribution in [0.5, 0.6) is 5.75 Å². The smallest absolute Gasteiger partial charge is 0.227 e. The molecule has 0 atom stereocenters. The highest BCUT2D eigenvalue weighted by Crippen LogP contribution is 2.20. The summed E-state index contributed by atoms with van der Waals surface area (Å²) in [6, 6.07) is 7.95. The number of hydrogen-bond donors (Lipinski definition) is 2. The standard InChI is InChI=1S/C28H37N5OS/c1-5-18-33(6-2)19-17-30-35-27-12-8-10-25(15-16-27)32-28-29-21-24(22(3)31-28)14-13-23-9-7-11-26(20-23)34-4/h7,9-16,20-21,30H,5-6,8,17-19H2,1-4H3,(H,29,31,32)/b14-13+. The van der Waals surface area contributed by atoms with E-state index < -0.39 is 0 Å². The topological polar surface area (TPSA) is 62.3 Å². The molecule has 1 aromatic carbocycles. The van der Waals surface area contributed by atoms with Crippen molar-refractivity contribution < 1.29 is 4.74 Å². The summed E-state index contributed by atoms with van der Waals surface area (Å²) < 4.78 is 8.78. The van der Waals surface area contributed by atoms with Crippen molar-refractivity contribution >= 4 is 30.0 Å². The van der Waals surface area contributed by atoms with Gasteiger partial charge in [-0.3, -0.25) is 4.72 Å². The van der Waals surface area contributed by atoms with Crippen molar-refractivity contribution in [3.63, 3.8) is 0 Å². The summed E-state index contributed by atoms with van der Waals surface area (Å²) in [5.74, 6) is 1.44. The van der Waals surface area contributed by atoms with Crippen LogP contribution in [-0.2, 0) is 0 Å². The second-order valence-corrected chi connectivity index (χ2v) is 9.20. The van der Waals surface area contributed by atoms with Crippen molar-refractivity contribution in [2.75, 3.05) is 38.6 Å². The normalized spacial score (nSPS) is 13.6. The molecule has 3 rings (SSSR count). The predicted octanol–water partition coefficient (Wildman–Crippen LogP) is 6.07. The van der Waals surface area contributed by atoms with Gasteiger partial charge < -0.3 is 15.0 Å². The van der Waals surface area contributed by atoms with E-state index in [2.05, 4.69) is 63.1 Å². The van der Waals surface area contributed by atoms with Gasteiger partial charge in [0.2, 0.25) is 5.95 Å². The lowest BCUT2D eigenvalue weighted by molar-refractivity contribution is 0.294. The lowest BCUT2D eigenvalue weighted by atomic mass is 10.1. The third kappa shape index (κ3) is 9.02. The van der Waals surface area contributed by atoms with E-state index in [1.54, 1.807) is 19.1 Å². The van der Waals surface area contributed by atoms with Gasteiger partial charge in [0.25, 0.3) is 0 Å². The van der Waals surface area contributed by atoms with Crippen molar-refractivity contribution in [1.82, 2.24) is 19.6 Å². The number of likely N-dealkylation sites (N-methyl/N-ethyl adjacent to an activating group) is 1. The number of allylic oxidation sites excluding steroid dienone is 4. The Bertz CT molecular complexity index is 1080. The quantitative estimate of drug-likeness (QED) is 0.260. The summed E-state index contributed by atoms with van der Waals surface area (Å²) >= 11 is 1.69. The number of methoxy groups -OCH3 is 1. The van der Waals surface area contributed by atoms with Crippen molar-refractivity contribution in [2.24, 2.45) is 0 Å². The van der Waals surface area contributed by atoms with Crippen LogP contribution >= 0.6 is 11.9 Å². The van der Waals surface area contributed by atoms with E-state index in [4.69, 9.17) is 4.74 Å². The molecule has 0 radical (unpaired) electrons. The molecule has 2 aromatic rings. The molecule has 0 amide bonds. The van der Waals surface area contributed by atoms with Gasteiger partial charge in [0, 0.05) is 35.5 Å². The number of benzene rings is 1. The summed E-state index contributed by atoms with van der Waals surface area (Å²) in [6.45, 7) is 10.7. The third-order valence-corrected chi connectivity index (χ3v) is 6.50. The van der Waals surface area contributed by atoms with E-state index in [1.807, 2.05) is 49.5 Å². The van der Waals surface area contributed by atoms with Gasteiger partial charge in [-0.15, -0.1) is 0 Å². The summed E-state index contributed by atoms with van der Waals surface area (Å²) in [4.78, 5) is 12.9. The Hall–Kier alpha value is -2.87. The molecule has 2 N–H and O–H groups in total. The zero-order valence-electron chi connectivity index (χ0n) is 21.3. The van der Waals surface area contributed by atoms with Crippen LogP contribution in [0.15, 0.2) is 65.4 Å². The number of anilines is 1. The highest BCUT2D eigenvalue weighted by Gasteiger charge is 2.05. The van der Waals surface area contributed by atoms with Crippen LogP contribution in [0.2, 0.25) is 0 Å². The van der Waals surface area contributed by atoms with Crippen LogP contribution in [0.4, 0.5) is 5.95 Å². The number of nitrogens with one attached hydrogen (secondary N) is 2. The first-order chi connectivity index (χ1) is 17.1. The molecule has 0 saturated carbocycles. The third-order valence-electron chi connectivity index (χ3n) is 5.61. The monoisotopic (exact) mass is 491 g/mol. The minimum absolute atomic E-state index is 0.599. The van der Waals surface area contributed by atoms with E-state index in [0.29, 0.717) is 5.95 Å². The first-order valence-electron chi connectivity index (χ1n) is 12.2. The molecule has 1 aliphatic rings. The fraction of sp³-hybridized carbons (Fsp3) is 0.357. The van der Waals surface area contributed by atoms with Crippen molar-refractivity contribution in [3.05, 3.63) is 82.2 Å². The maximum absolute atomic E-state index is 5.29. The molecule has 0 aliphatic heterocycles. The number of aromatic nitrogens is 2. The lowest BCUT2D eigenvalue weighted by Crippen LogP contribution is -2.30. The minimum Gasteiger partial charge on any atom is -0.497 e. The summed E-state index contributed by atoms with van der Waals surface area (Å²) in [5.41, 5.74) is 3.97. The fourth-order valence-corrected chi connectivity index (χ4v) is 4.30. The van der Waals surface area contributed by atoms with Gasteiger partial charge in [-0.2, -0.15) is 0 Å². The Kier molecular flexibility index (Phi) is 11.1. The highest BCUT2D eigenvalue weighted by molar-refractivity contribution is 8.01. The molecule has 0 fully saturated rings. The predicted molar refractivity (Wildman–Crippen MR) is 150 cm³/mol. The molecule has 1 aliphatic carbocycles. The Morgan fingerprint density at radius 2 is 2.03 bits per heavy atom. The first-order valence-corrected chi connectivity index (χ1v) is 13.1. The van der Waals surface area contributed by atoms with Crippen LogP contribution in [0, 0.1) is 6.92 Å². The van der Waals surface area contributed by atoms with E-state index in [1.165, 1.54) is 11.3 Å². The molecule has 1 heterocycles. The molecule has 186 valence electrons. The Labute approximate surface area is 214 Å². The number of rotatable bonds is 13. The second kappa shape index (κ2) is 14.5. The molecule has 0 bridgehead atoms. The molecule has 6 nitrogen and oxygen atoms in total. The fourth-order valence-electron chi connectivity index (χ4n) is 3.62. The van der Waals surface area contributed by atoms with Crippen LogP contribution in [0.1, 0.15) is 43.5 Å². The van der Waals surface area contributed by atoms with Crippen molar-refractivity contribution in [3.8, 4) is 5.75 Å². The molecule has 1 aromatic heterocycles. The zero-order valence-corrected chi connectivity index (χ0v) is 22.1. The van der Waals surface area contributed by atoms with E-state index in [-0.39, 0.29) is 0 Å². The van der Waals surface area contributed by atoms with Gasteiger partial charge in [-0.1, -0.05) is 50.3 Å². The molecular weight excluding hydrogens is 454 g/mol. The van der Waals surface area contributed by atoms with Gasteiger partial charge in [-0.05, 0) is 74.7 Å². The van der Waals surface area contributed by atoms with E-state index in [9.17, 15) is 0 Å². The summed E-state index contributed by atoms with van der Waals surface area (Å²) in [7, 11) is 1.67. The Balaban J connectivity index is 1.51.